The first kappa shape index (κ1) is 15.9. The molecule has 1 fully saturated rings. The van der Waals surface area contributed by atoms with Crippen LogP contribution in [0.25, 0.3) is 0 Å². The monoisotopic (exact) mass is 293 g/mol. The van der Waals surface area contributed by atoms with Gasteiger partial charge in [-0.3, -0.25) is 0 Å². The van der Waals surface area contributed by atoms with Gasteiger partial charge in [-0.05, 0) is 49.7 Å². The van der Waals surface area contributed by atoms with Crippen LogP contribution >= 0.6 is 11.6 Å². The van der Waals surface area contributed by atoms with Gasteiger partial charge < -0.3 is 5.32 Å². The van der Waals surface area contributed by atoms with Gasteiger partial charge >= 0.3 is 0 Å². The highest BCUT2D eigenvalue weighted by Gasteiger charge is 2.22. The van der Waals surface area contributed by atoms with Crippen molar-refractivity contribution in [1.29, 1.82) is 0 Å². The number of hydrogen-bond donors (Lipinski definition) is 1. The first-order valence-corrected chi connectivity index (χ1v) is 8.46. The maximum absolute atomic E-state index is 6.29. The molecule has 1 aliphatic rings. The molecule has 0 radical (unpaired) electrons. The lowest BCUT2D eigenvalue weighted by Gasteiger charge is -2.23. The Bertz CT molecular complexity index is 416. The zero-order chi connectivity index (χ0) is 14.5. The van der Waals surface area contributed by atoms with E-state index in [-0.39, 0.29) is 0 Å². The topological polar surface area (TPSA) is 12.0 Å². The van der Waals surface area contributed by atoms with Gasteiger partial charge in [-0.15, -0.1) is 0 Å². The van der Waals surface area contributed by atoms with Crippen molar-refractivity contribution in [3.63, 3.8) is 0 Å². The molecule has 112 valence electrons. The summed E-state index contributed by atoms with van der Waals surface area (Å²) < 4.78 is 0. The molecule has 20 heavy (non-hydrogen) atoms. The Morgan fingerprint density at radius 3 is 2.50 bits per heavy atom. The van der Waals surface area contributed by atoms with E-state index in [0.717, 1.165) is 16.9 Å². The van der Waals surface area contributed by atoms with Crippen molar-refractivity contribution in [1.82, 2.24) is 5.32 Å². The van der Waals surface area contributed by atoms with Crippen molar-refractivity contribution in [3.05, 3.63) is 34.9 Å². The highest BCUT2D eigenvalue weighted by molar-refractivity contribution is 6.31. The second-order valence-electron chi connectivity index (χ2n) is 6.62. The molecule has 1 aromatic rings. The summed E-state index contributed by atoms with van der Waals surface area (Å²) in [7, 11) is 0. The standard InChI is InChI=1S/C18H28ClN/c1-13(2)15-7-6-8-16(12-11-15)20-14(3)17-9-4-5-10-18(17)19/h4-5,9-10,13-16,20H,6-8,11-12H2,1-3H3. The Kier molecular flexibility index (Phi) is 5.92. The third-order valence-electron chi connectivity index (χ3n) is 4.81. The fraction of sp³-hybridized carbons (Fsp3) is 0.667. The second-order valence-corrected chi connectivity index (χ2v) is 7.03. The van der Waals surface area contributed by atoms with Crippen molar-refractivity contribution in [3.8, 4) is 0 Å². The molecular weight excluding hydrogens is 266 g/mol. The van der Waals surface area contributed by atoms with E-state index in [1.807, 2.05) is 12.1 Å². The molecule has 0 aromatic heterocycles. The van der Waals surface area contributed by atoms with E-state index in [2.05, 4.69) is 38.2 Å². The number of nitrogens with one attached hydrogen (secondary N) is 1. The van der Waals surface area contributed by atoms with Crippen LogP contribution < -0.4 is 5.32 Å². The maximum Gasteiger partial charge on any atom is 0.0453 e. The fourth-order valence-corrected chi connectivity index (χ4v) is 3.73. The molecule has 1 aromatic carbocycles. The summed E-state index contributed by atoms with van der Waals surface area (Å²) in [5, 5.41) is 4.67. The molecule has 1 nitrogen and oxygen atoms in total. The fourth-order valence-electron chi connectivity index (χ4n) is 3.43. The van der Waals surface area contributed by atoms with E-state index in [4.69, 9.17) is 11.6 Å². The van der Waals surface area contributed by atoms with Crippen LogP contribution in [0.2, 0.25) is 5.02 Å². The van der Waals surface area contributed by atoms with Gasteiger partial charge in [-0.1, -0.05) is 56.5 Å². The summed E-state index contributed by atoms with van der Waals surface area (Å²) in [6, 6.07) is 9.16. The summed E-state index contributed by atoms with van der Waals surface area (Å²) in [5.41, 5.74) is 1.22. The van der Waals surface area contributed by atoms with E-state index < -0.39 is 0 Å². The summed E-state index contributed by atoms with van der Waals surface area (Å²) in [4.78, 5) is 0. The second kappa shape index (κ2) is 7.47. The molecule has 2 rings (SSSR count). The highest BCUT2D eigenvalue weighted by atomic mass is 35.5. The van der Waals surface area contributed by atoms with Crippen molar-refractivity contribution < 1.29 is 0 Å². The van der Waals surface area contributed by atoms with Gasteiger partial charge in [0.2, 0.25) is 0 Å². The van der Waals surface area contributed by atoms with E-state index in [0.29, 0.717) is 12.1 Å². The van der Waals surface area contributed by atoms with E-state index in [9.17, 15) is 0 Å². The quantitative estimate of drug-likeness (QED) is 0.713. The zero-order valence-corrected chi connectivity index (χ0v) is 13.8. The number of hydrogen-bond acceptors (Lipinski definition) is 1. The molecule has 1 N–H and O–H groups in total. The Labute approximate surface area is 129 Å². The van der Waals surface area contributed by atoms with Gasteiger partial charge in [0.1, 0.15) is 0 Å². The van der Waals surface area contributed by atoms with Crippen LogP contribution in [-0.2, 0) is 0 Å². The Balaban J connectivity index is 1.92. The molecule has 1 aliphatic carbocycles. The van der Waals surface area contributed by atoms with Crippen molar-refractivity contribution in [2.75, 3.05) is 0 Å². The van der Waals surface area contributed by atoms with Crippen LogP contribution in [0.5, 0.6) is 0 Å². The molecule has 3 atom stereocenters. The van der Waals surface area contributed by atoms with E-state index in [1.165, 1.54) is 37.7 Å². The summed E-state index contributed by atoms with van der Waals surface area (Å²) >= 11 is 6.29. The van der Waals surface area contributed by atoms with Crippen molar-refractivity contribution >= 4 is 11.6 Å². The van der Waals surface area contributed by atoms with Crippen molar-refractivity contribution in [2.45, 2.75) is 65.0 Å². The van der Waals surface area contributed by atoms with Crippen LogP contribution in [0.4, 0.5) is 0 Å². The molecule has 0 spiro atoms. The largest absolute Gasteiger partial charge is 0.307 e. The van der Waals surface area contributed by atoms with Gasteiger partial charge in [-0.2, -0.15) is 0 Å². The average Bonchev–Trinajstić information content (AvgIpc) is 2.65. The summed E-state index contributed by atoms with van der Waals surface area (Å²) in [6.45, 7) is 6.96. The van der Waals surface area contributed by atoms with E-state index in [1.54, 1.807) is 0 Å². The molecule has 0 saturated heterocycles. The minimum atomic E-state index is 0.337. The van der Waals surface area contributed by atoms with Gasteiger partial charge in [0, 0.05) is 17.1 Å². The lowest BCUT2D eigenvalue weighted by molar-refractivity contribution is 0.335. The van der Waals surface area contributed by atoms with Gasteiger partial charge in [0.05, 0.1) is 0 Å². The van der Waals surface area contributed by atoms with Crippen LogP contribution in [0.1, 0.15) is 64.5 Å². The highest BCUT2D eigenvalue weighted by Crippen LogP contribution is 2.30. The predicted octanol–water partition coefficient (Wildman–Crippen LogP) is 5.60. The van der Waals surface area contributed by atoms with Gasteiger partial charge in [-0.25, -0.2) is 0 Å². The normalized spacial score (nSPS) is 25.4. The van der Waals surface area contributed by atoms with Crippen LogP contribution in [0, 0.1) is 11.8 Å². The molecular formula is C18H28ClN. The molecule has 2 heteroatoms. The lowest BCUT2D eigenvalue weighted by Crippen LogP contribution is -2.31. The molecule has 0 amide bonds. The Morgan fingerprint density at radius 2 is 1.80 bits per heavy atom. The maximum atomic E-state index is 6.29. The molecule has 0 aliphatic heterocycles. The summed E-state index contributed by atoms with van der Waals surface area (Å²) in [5.74, 6) is 1.74. The van der Waals surface area contributed by atoms with Crippen LogP contribution in [0.3, 0.4) is 0 Å². The van der Waals surface area contributed by atoms with Gasteiger partial charge in [0.15, 0.2) is 0 Å². The molecule has 1 saturated carbocycles. The number of halogens is 1. The zero-order valence-electron chi connectivity index (χ0n) is 13.0. The molecule has 0 heterocycles. The van der Waals surface area contributed by atoms with Crippen LogP contribution in [0.15, 0.2) is 24.3 Å². The SMILES string of the molecule is CC(NC1CCCC(C(C)C)CC1)c1ccccc1Cl. The Morgan fingerprint density at radius 1 is 1.05 bits per heavy atom. The lowest BCUT2D eigenvalue weighted by atomic mass is 9.89. The minimum absolute atomic E-state index is 0.337. The molecule has 3 unspecified atom stereocenters. The molecule has 0 bridgehead atoms. The number of benzene rings is 1. The average molecular weight is 294 g/mol. The minimum Gasteiger partial charge on any atom is -0.307 e. The summed E-state index contributed by atoms with van der Waals surface area (Å²) in [6.07, 6.45) is 6.73. The van der Waals surface area contributed by atoms with Crippen molar-refractivity contribution in [2.24, 2.45) is 11.8 Å². The van der Waals surface area contributed by atoms with E-state index >= 15 is 0 Å². The number of rotatable bonds is 4. The first-order chi connectivity index (χ1) is 9.58. The van der Waals surface area contributed by atoms with Crippen LogP contribution in [-0.4, -0.2) is 6.04 Å². The van der Waals surface area contributed by atoms with Gasteiger partial charge in [0.25, 0.3) is 0 Å². The third-order valence-corrected chi connectivity index (χ3v) is 5.16. The smallest absolute Gasteiger partial charge is 0.0453 e. The third kappa shape index (κ3) is 4.23. The first-order valence-electron chi connectivity index (χ1n) is 8.08. The predicted molar refractivity (Wildman–Crippen MR) is 88.2 cm³/mol. The Hall–Kier alpha value is -0.530.